The van der Waals surface area contributed by atoms with Crippen molar-refractivity contribution in [3.8, 4) is 0 Å². The molecule has 118 valence electrons. The van der Waals surface area contributed by atoms with Crippen molar-refractivity contribution in [2.75, 3.05) is 6.54 Å². The first kappa shape index (κ1) is 16.5. The van der Waals surface area contributed by atoms with Crippen molar-refractivity contribution in [3.63, 3.8) is 0 Å². The summed E-state index contributed by atoms with van der Waals surface area (Å²) in [4.78, 5) is 0. The fourth-order valence-corrected chi connectivity index (χ4v) is 3.79. The summed E-state index contributed by atoms with van der Waals surface area (Å²) in [5.41, 5.74) is 4.36. The van der Waals surface area contributed by atoms with Gasteiger partial charge in [-0.3, -0.25) is 0 Å². The predicted molar refractivity (Wildman–Crippen MR) is 92.8 cm³/mol. The highest BCUT2D eigenvalue weighted by atomic mass is 14.9. The Morgan fingerprint density at radius 2 is 1.81 bits per heavy atom. The fourth-order valence-electron chi connectivity index (χ4n) is 3.79. The second kappa shape index (κ2) is 8.58. The lowest BCUT2D eigenvalue weighted by molar-refractivity contribution is 0.355. The van der Waals surface area contributed by atoms with Gasteiger partial charge in [0, 0.05) is 6.04 Å². The summed E-state index contributed by atoms with van der Waals surface area (Å²) in [6, 6.07) is 7.52. The van der Waals surface area contributed by atoms with Crippen LogP contribution in [-0.4, -0.2) is 6.54 Å². The number of nitrogens with one attached hydrogen (secondary N) is 1. The van der Waals surface area contributed by atoms with Crippen molar-refractivity contribution in [2.24, 2.45) is 5.92 Å². The van der Waals surface area contributed by atoms with E-state index in [4.69, 9.17) is 0 Å². The van der Waals surface area contributed by atoms with Crippen LogP contribution in [-0.2, 0) is 0 Å². The van der Waals surface area contributed by atoms with Crippen LogP contribution in [0.4, 0.5) is 0 Å². The van der Waals surface area contributed by atoms with E-state index in [-0.39, 0.29) is 0 Å². The topological polar surface area (TPSA) is 12.0 Å². The van der Waals surface area contributed by atoms with E-state index < -0.39 is 0 Å². The molecule has 1 unspecified atom stereocenters. The molecule has 1 aromatic rings. The molecule has 0 aromatic heterocycles. The third kappa shape index (κ3) is 5.14. The summed E-state index contributed by atoms with van der Waals surface area (Å²) in [7, 11) is 0. The maximum atomic E-state index is 3.81. The number of rotatable bonds is 6. The Labute approximate surface area is 131 Å². The molecule has 1 fully saturated rings. The Balaban J connectivity index is 2.08. The van der Waals surface area contributed by atoms with Crippen LogP contribution in [0.1, 0.15) is 81.0 Å². The summed E-state index contributed by atoms with van der Waals surface area (Å²) >= 11 is 0. The maximum absolute atomic E-state index is 3.81. The van der Waals surface area contributed by atoms with Crippen LogP contribution in [0, 0.1) is 19.8 Å². The van der Waals surface area contributed by atoms with Crippen LogP contribution in [0.15, 0.2) is 18.2 Å². The number of hydrogen-bond acceptors (Lipinski definition) is 1. The molecule has 0 bridgehead atoms. The van der Waals surface area contributed by atoms with E-state index in [9.17, 15) is 0 Å². The smallest absolute Gasteiger partial charge is 0.0325 e. The maximum Gasteiger partial charge on any atom is 0.0325 e. The highest BCUT2D eigenvalue weighted by molar-refractivity contribution is 5.32. The Bertz CT molecular complexity index is 416. The SMILES string of the molecule is CCCNC(CC1CCCCCC1)c1ccc(C)cc1C. The molecule has 1 N–H and O–H groups in total. The minimum absolute atomic E-state index is 0.550. The summed E-state index contributed by atoms with van der Waals surface area (Å²) in [5.74, 6) is 0.919. The highest BCUT2D eigenvalue weighted by Crippen LogP contribution is 2.32. The van der Waals surface area contributed by atoms with E-state index in [2.05, 4.69) is 44.3 Å². The summed E-state index contributed by atoms with van der Waals surface area (Å²) in [5, 5.41) is 3.81. The normalized spacial score (nSPS) is 18.4. The third-order valence-corrected chi connectivity index (χ3v) is 4.99. The molecule has 1 saturated carbocycles. The summed E-state index contributed by atoms with van der Waals surface area (Å²) in [6.07, 6.45) is 11.2. The van der Waals surface area contributed by atoms with Crippen LogP contribution in [0.3, 0.4) is 0 Å². The van der Waals surface area contributed by atoms with Crippen LogP contribution >= 0.6 is 0 Å². The van der Waals surface area contributed by atoms with Gasteiger partial charge in [0.2, 0.25) is 0 Å². The zero-order valence-electron chi connectivity index (χ0n) is 14.3. The fraction of sp³-hybridized carbons (Fsp3) is 0.700. The first-order valence-electron chi connectivity index (χ1n) is 9.01. The minimum atomic E-state index is 0.550. The molecule has 2 rings (SSSR count). The molecule has 1 aromatic carbocycles. The van der Waals surface area contributed by atoms with Gasteiger partial charge in [-0.1, -0.05) is 69.2 Å². The Kier molecular flexibility index (Phi) is 6.76. The van der Waals surface area contributed by atoms with Gasteiger partial charge in [-0.15, -0.1) is 0 Å². The molecule has 21 heavy (non-hydrogen) atoms. The highest BCUT2D eigenvalue weighted by Gasteiger charge is 2.20. The van der Waals surface area contributed by atoms with Gasteiger partial charge in [0.05, 0.1) is 0 Å². The van der Waals surface area contributed by atoms with Crippen LogP contribution in [0.5, 0.6) is 0 Å². The Hall–Kier alpha value is -0.820. The van der Waals surface area contributed by atoms with Gasteiger partial charge in [-0.25, -0.2) is 0 Å². The van der Waals surface area contributed by atoms with Crippen molar-refractivity contribution in [1.82, 2.24) is 5.32 Å². The average molecular weight is 287 g/mol. The van der Waals surface area contributed by atoms with E-state index >= 15 is 0 Å². The van der Waals surface area contributed by atoms with Gasteiger partial charge < -0.3 is 5.32 Å². The quantitative estimate of drug-likeness (QED) is 0.661. The molecule has 0 amide bonds. The second-order valence-electron chi connectivity index (χ2n) is 6.96. The summed E-state index contributed by atoms with van der Waals surface area (Å²) in [6.45, 7) is 7.86. The minimum Gasteiger partial charge on any atom is -0.310 e. The lowest BCUT2D eigenvalue weighted by atomic mass is 9.87. The Morgan fingerprint density at radius 3 is 2.43 bits per heavy atom. The molecule has 1 aliphatic rings. The molecular weight excluding hydrogens is 254 g/mol. The van der Waals surface area contributed by atoms with Gasteiger partial charge >= 0.3 is 0 Å². The van der Waals surface area contributed by atoms with Crippen molar-refractivity contribution < 1.29 is 0 Å². The van der Waals surface area contributed by atoms with Crippen LogP contribution < -0.4 is 5.32 Å². The van der Waals surface area contributed by atoms with Crippen molar-refractivity contribution in [1.29, 1.82) is 0 Å². The first-order valence-corrected chi connectivity index (χ1v) is 9.01. The van der Waals surface area contributed by atoms with Crippen molar-refractivity contribution >= 4 is 0 Å². The molecule has 1 heteroatoms. The van der Waals surface area contributed by atoms with Crippen molar-refractivity contribution in [2.45, 2.75) is 78.2 Å². The molecule has 0 radical (unpaired) electrons. The van der Waals surface area contributed by atoms with Gasteiger partial charge in [-0.05, 0) is 50.3 Å². The van der Waals surface area contributed by atoms with Gasteiger partial charge in [0.25, 0.3) is 0 Å². The van der Waals surface area contributed by atoms with Crippen molar-refractivity contribution in [3.05, 3.63) is 34.9 Å². The molecule has 1 aliphatic carbocycles. The molecule has 1 atom stereocenters. The molecule has 0 aliphatic heterocycles. The molecular formula is C20H33N. The average Bonchev–Trinajstić information content (AvgIpc) is 2.72. The van der Waals surface area contributed by atoms with Gasteiger partial charge in [0.1, 0.15) is 0 Å². The number of aryl methyl sites for hydroxylation is 2. The van der Waals surface area contributed by atoms with Crippen LogP contribution in [0.2, 0.25) is 0 Å². The van der Waals surface area contributed by atoms with E-state index in [0.717, 1.165) is 12.5 Å². The standard InChI is InChI=1S/C20H33N/c1-4-13-21-20(15-18-9-7-5-6-8-10-18)19-12-11-16(2)14-17(19)3/h11-12,14,18,20-21H,4-10,13,15H2,1-3H3. The molecule has 1 nitrogen and oxygen atoms in total. The zero-order valence-corrected chi connectivity index (χ0v) is 14.3. The van der Waals surface area contributed by atoms with E-state index in [1.165, 1.54) is 68.1 Å². The number of benzene rings is 1. The van der Waals surface area contributed by atoms with E-state index in [0.29, 0.717) is 6.04 Å². The zero-order chi connectivity index (χ0) is 15.1. The van der Waals surface area contributed by atoms with E-state index in [1.807, 2.05) is 0 Å². The lowest BCUT2D eigenvalue weighted by Crippen LogP contribution is -2.25. The van der Waals surface area contributed by atoms with Gasteiger partial charge in [0.15, 0.2) is 0 Å². The summed E-state index contributed by atoms with van der Waals surface area (Å²) < 4.78 is 0. The molecule has 0 spiro atoms. The van der Waals surface area contributed by atoms with Gasteiger partial charge in [-0.2, -0.15) is 0 Å². The second-order valence-corrected chi connectivity index (χ2v) is 6.96. The largest absolute Gasteiger partial charge is 0.310 e. The predicted octanol–water partition coefficient (Wildman–Crippen LogP) is 5.70. The third-order valence-electron chi connectivity index (χ3n) is 4.99. The van der Waals surface area contributed by atoms with Crippen LogP contribution in [0.25, 0.3) is 0 Å². The first-order chi connectivity index (χ1) is 10.2. The monoisotopic (exact) mass is 287 g/mol. The molecule has 0 saturated heterocycles. The Morgan fingerprint density at radius 1 is 1.10 bits per heavy atom. The molecule has 0 heterocycles. The lowest BCUT2D eigenvalue weighted by Gasteiger charge is -2.26. The number of hydrogen-bond donors (Lipinski definition) is 1. The van der Waals surface area contributed by atoms with E-state index in [1.54, 1.807) is 0 Å².